The number of rotatable bonds is 16. The first kappa shape index (κ1) is 36.8. The number of β-amino-alcohol motifs (C(OH)–C–C–N with tert-alkyl or cyclic N) is 1. The second-order valence-electron chi connectivity index (χ2n) is 12.4. The van der Waals surface area contributed by atoms with Gasteiger partial charge in [0.1, 0.15) is 35.5 Å². The summed E-state index contributed by atoms with van der Waals surface area (Å²) in [5.74, 6) is -0.132. The summed E-state index contributed by atoms with van der Waals surface area (Å²) in [4.78, 5) is 37.6. The zero-order chi connectivity index (χ0) is 34.1. The molecule has 2 saturated heterocycles. The molecule has 0 aliphatic carbocycles. The maximum atomic E-state index is 14.9. The normalized spacial score (nSPS) is 21.4. The molecule has 1 aromatic heterocycles. The SMILES string of the molecule is O=C(Cc1ccc(OCCCC2CCN(c3ncc(Cl)cn3)CC2)cc1F)N1CCC(O)(C(=O)CC[C@H](O)[C@@H](O)[C@H](O)[C@H](O)CO)C1. The number of carbonyl (C=O) groups is 2. The van der Waals surface area contributed by atoms with E-state index in [-0.39, 0.29) is 44.3 Å². The summed E-state index contributed by atoms with van der Waals surface area (Å²) in [6.45, 7) is 1.10. The number of aliphatic hydroxyl groups is 6. The van der Waals surface area contributed by atoms with E-state index >= 15 is 0 Å². The van der Waals surface area contributed by atoms with E-state index < -0.39 is 54.1 Å². The van der Waals surface area contributed by atoms with Crippen molar-refractivity contribution in [3.8, 4) is 5.75 Å². The highest BCUT2D eigenvalue weighted by atomic mass is 35.5. The zero-order valence-electron chi connectivity index (χ0n) is 26.1. The molecule has 0 bridgehead atoms. The maximum Gasteiger partial charge on any atom is 0.227 e. The largest absolute Gasteiger partial charge is 0.493 e. The minimum absolute atomic E-state index is 0.0484. The van der Waals surface area contributed by atoms with Crippen molar-refractivity contribution in [3.63, 3.8) is 0 Å². The van der Waals surface area contributed by atoms with Gasteiger partial charge in [0.25, 0.3) is 0 Å². The Morgan fingerprint density at radius 1 is 1.06 bits per heavy atom. The molecule has 1 amide bonds. The van der Waals surface area contributed by atoms with Crippen LogP contribution in [0.2, 0.25) is 5.02 Å². The van der Waals surface area contributed by atoms with E-state index in [9.17, 15) is 39.5 Å². The third-order valence-electron chi connectivity index (χ3n) is 9.01. The number of likely N-dealkylation sites (tertiary alicyclic amines) is 1. The predicted molar refractivity (Wildman–Crippen MR) is 168 cm³/mol. The number of piperidine rings is 1. The van der Waals surface area contributed by atoms with Crippen LogP contribution in [0.1, 0.15) is 50.5 Å². The van der Waals surface area contributed by atoms with Gasteiger partial charge in [0, 0.05) is 38.5 Å². The predicted octanol–water partition coefficient (Wildman–Crippen LogP) is 0.636. The topological polar surface area (TPSA) is 197 Å². The number of anilines is 1. The Morgan fingerprint density at radius 3 is 2.40 bits per heavy atom. The molecule has 0 saturated carbocycles. The number of halogens is 2. The molecule has 2 aliphatic heterocycles. The Morgan fingerprint density at radius 2 is 1.74 bits per heavy atom. The average Bonchev–Trinajstić information content (AvgIpc) is 3.49. The van der Waals surface area contributed by atoms with Gasteiger partial charge in [0.05, 0.1) is 49.7 Å². The minimum atomic E-state index is -1.87. The second kappa shape index (κ2) is 16.9. The summed E-state index contributed by atoms with van der Waals surface area (Å²) in [6.07, 6.45) is -0.925. The third kappa shape index (κ3) is 10.0. The van der Waals surface area contributed by atoms with Crippen LogP contribution >= 0.6 is 11.6 Å². The molecule has 0 spiro atoms. The molecule has 2 aromatic rings. The highest BCUT2D eigenvalue weighted by Crippen LogP contribution is 2.27. The summed E-state index contributed by atoms with van der Waals surface area (Å²) < 4.78 is 20.6. The van der Waals surface area contributed by atoms with Crippen LogP contribution in [0.15, 0.2) is 30.6 Å². The number of aromatic nitrogens is 2. The number of amides is 1. The number of carbonyl (C=O) groups excluding carboxylic acids is 2. The van der Waals surface area contributed by atoms with Crippen LogP contribution in [0.5, 0.6) is 5.75 Å². The summed E-state index contributed by atoms with van der Waals surface area (Å²) in [7, 11) is 0. The lowest BCUT2D eigenvalue weighted by Gasteiger charge is -2.31. The highest BCUT2D eigenvalue weighted by Gasteiger charge is 2.44. The number of benzene rings is 1. The number of ketones is 1. The Labute approximate surface area is 277 Å². The Balaban J connectivity index is 1.16. The van der Waals surface area contributed by atoms with Crippen LogP contribution in [0.25, 0.3) is 0 Å². The number of ether oxygens (including phenoxy) is 1. The number of hydrogen-bond donors (Lipinski definition) is 6. The molecule has 0 radical (unpaired) electrons. The maximum absolute atomic E-state index is 14.9. The van der Waals surface area contributed by atoms with Crippen LogP contribution in [0.4, 0.5) is 10.3 Å². The van der Waals surface area contributed by atoms with Crippen LogP contribution in [0, 0.1) is 11.7 Å². The van der Waals surface area contributed by atoms with E-state index in [2.05, 4.69) is 14.9 Å². The van der Waals surface area contributed by atoms with Gasteiger partial charge in [-0.15, -0.1) is 0 Å². The number of aliphatic hydroxyl groups excluding tert-OH is 5. The van der Waals surface area contributed by atoms with Crippen molar-refractivity contribution < 1.29 is 49.4 Å². The Hall–Kier alpha value is -2.98. The second-order valence-corrected chi connectivity index (χ2v) is 12.8. The summed E-state index contributed by atoms with van der Waals surface area (Å²) >= 11 is 5.87. The van der Waals surface area contributed by atoms with Gasteiger partial charge < -0.3 is 45.2 Å². The Kier molecular flexibility index (Phi) is 13.3. The fourth-order valence-electron chi connectivity index (χ4n) is 5.97. The van der Waals surface area contributed by atoms with Gasteiger partial charge in [-0.25, -0.2) is 14.4 Å². The molecule has 13 nitrogen and oxygen atoms in total. The first-order valence-corrected chi connectivity index (χ1v) is 16.3. The average molecular weight is 683 g/mol. The molecule has 2 aliphatic rings. The number of nitrogens with zero attached hydrogens (tertiary/aromatic N) is 4. The quantitative estimate of drug-likeness (QED) is 0.135. The van der Waals surface area contributed by atoms with E-state index in [1.165, 1.54) is 17.0 Å². The molecule has 2 fully saturated rings. The lowest BCUT2D eigenvalue weighted by Crippen LogP contribution is -2.47. The molecule has 260 valence electrons. The van der Waals surface area contributed by atoms with Crippen LogP contribution in [0.3, 0.4) is 0 Å². The van der Waals surface area contributed by atoms with Crippen LogP contribution in [-0.2, 0) is 16.0 Å². The van der Waals surface area contributed by atoms with E-state index in [1.54, 1.807) is 18.5 Å². The van der Waals surface area contributed by atoms with Crippen LogP contribution in [-0.4, -0.2) is 127 Å². The van der Waals surface area contributed by atoms with Gasteiger partial charge in [-0.05, 0) is 49.7 Å². The standard InChI is InChI=1S/C32H44ClFN4O9/c33-22-16-35-31(36-17-22)37-10-7-20(8-11-37)2-1-13-47-23-4-3-21(24(34)15-23)14-28(43)38-12-9-32(46,19-38)27(42)6-5-25(40)29(44)30(45)26(41)18-39/h3-4,15-17,20,25-26,29-30,39-41,44-46H,1-2,5-14,18-19H2/t25-,26+,29+,30+,32?/m0/s1. The van der Waals surface area contributed by atoms with Gasteiger partial charge in [-0.3, -0.25) is 9.59 Å². The fraction of sp³-hybridized carbons (Fsp3) is 0.625. The zero-order valence-corrected chi connectivity index (χ0v) is 26.9. The van der Waals surface area contributed by atoms with Crippen molar-refractivity contribution in [1.82, 2.24) is 14.9 Å². The van der Waals surface area contributed by atoms with Crippen molar-refractivity contribution in [2.45, 2.75) is 81.4 Å². The van der Waals surface area contributed by atoms with Crippen molar-refractivity contribution >= 4 is 29.2 Å². The summed E-state index contributed by atoms with van der Waals surface area (Å²) in [6, 6.07) is 4.34. The molecule has 3 heterocycles. The van der Waals surface area contributed by atoms with Crippen molar-refractivity contribution in [1.29, 1.82) is 0 Å². The van der Waals surface area contributed by atoms with E-state index in [0.717, 1.165) is 38.8 Å². The molecular weight excluding hydrogens is 639 g/mol. The lowest BCUT2D eigenvalue weighted by molar-refractivity contribution is -0.140. The fourth-order valence-corrected chi connectivity index (χ4v) is 6.07. The minimum Gasteiger partial charge on any atom is -0.493 e. The Bertz CT molecular complexity index is 1330. The molecule has 47 heavy (non-hydrogen) atoms. The van der Waals surface area contributed by atoms with Crippen molar-refractivity contribution in [2.24, 2.45) is 5.92 Å². The van der Waals surface area contributed by atoms with Gasteiger partial charge in [-0.2, -0.15) is 0 Å². The highest BCUT2D eigenvalue weighted by molar-refractivity contribution is 6.30. The van der Waals surface area contributed by atoms with Gasteiger partial charge in [0.2, 0.25) is 11.9 Å². The monoisotopic (exact) mass is 682 g/mol. The van der Waals surface area contributed by atoms with Gasteiger partial charge in [0.15, 0.2) is 5.78 Å². The van der Waals surface area contributed by atoms with E-state index in [0.29, 0.717) is 29.2 Å². The molecule has 4 rings (SSSR count). The lowest BCUT2D eigenvalue weighted by atomic mass is 9.91. The van der Waals surface area contributed by atoms with Gasteiger partial charge >= 0.3 is 0 Å². The summed E-state index contributed by atoms with van der Waals surface area (Å²) in [5.41, 5.74) is -1.72. The van der Waals surface area contributed by atoms with Crippen molar-refractivity contribution in [3.05, 3.63) is 47.0 Å². The molecule has 15 heteroatoms. The van der Waals surface area contributed by atoms with Gasteiger partial charge in [-0.1, -0.05) is 17.7 Å². The molecule has 1 unspecified atom stereocenters. The van der Waals surface area contributed by atoms with E-state index in [4.69, 9.17) is 21.4 Å². The van der Waals surface area contributed by atoms with Crippen LogP contribution < -0.4 is 9.64 Å². The first-order valence-electron chi connectivity index (χ1n) is 15.9. The first-order chi connectivity index (χ1) is 22.4. The molecule has 1 aromatic carbocycles. The third-order valence-corrected chi connectivity index (χ3v) is 9.20. The van der Waals surface area contributed by atoms with Crippen molar-refractivity contribution in [2.75, 3.05) is 44.3 Å². The summed E-state index contributed by atoms with van der Waals surface area (Å²) in [5, 5.41) is 59.4. The molecule has 6 N–H and O–H groups in total. The van der Waals surface area contributed by atoms with E-state index in [1.807, 2.05) is 0 Å². The molecule has 5 atom stereocenters. The number of Topliss-reactive ketones (excluding diaryl/α,β-unsaturated/α-hetero) is 1. The number of hydrogen-bond acceptors (Lipinski definition) is 12. The smallest absolute Gasteiger partial charge is 0.227 e. The molecular formula is C32H44ClFN4O9.